The van der Waals surface area contributed by atoms with Crippen molar-refractivity contribution in [2.24, 2.45) is 0 Å². The molecular weight excluding hydrogens is 489 g/mol. The second kappa shape index (κ2) is 9.11. The number of nitrogens with zero attached hydrogens (tertiary/aromatic N) is 6. The second-order valence-corrected chi connectivity index (χ2v) is 9.45. The van der Waals surface area contributed by atoms with Crippen LogP contribution in [0.3, 0.4) is 0 Å². The number of alkyl halides is 3. The molecule has 0 bridgehead atoms. The molecule has 6 rings (SSSR count). The van der Waals surface area contributed by atoms with Crippen molar-refractivity contribution in [3.63, 3.8) is 0 Å². The third kappa shape index (κ3) is 4.41. The SMILES string of the molecule is CN(C)Cc1cn(-c2ccc(-n3cc(C(F)(F)F)nc3-c3ccc4c(ccc5ccccc54)c3)cc2)nn1. The summed E-state index contributed by atoms with van der Waals surface area (Å²) in [6.45, 7) is 0.651. The number of rotatable bonds is 5. The summed E-state index contributed by atoms with van der Waals surface area (Å²) in [6.07, 6.45) is -1.70. The van der Waals surface area contributed by atoms with Gasteiger partial charge in [-0.25, -0.2) is 9.67 Å². The Morgan fingerprint density at radius 2 is 1.50 bits per heavy atom. The van der Waals surface area contributed by atoms with Crippen molar-refractivity contribution in [2.75, 3.05) is 14.1 Å². The fraction of sp³-hybridized carbons (Fsp3) is 0.138. The van der Waals surface area contributed by atoms with Gasteiger partial charge in [0, 0.05) is 24.0 Å². The van der Waals surface area contributed by atoms with Crippen molar-refractivity contribution in [3.05, 3.63) is 103 Å². The van der Waals surface area contributed by atoms with Gasteiger partial charge in [0.1, 0.15) is 5.82 Å². The first-order valence-electron chi connectivity index (χ1n) is 12.0. The highest BCUT2D eigenvalue weighted by molar-refractivity contribution is 6.08. The summed E-state index contributed by atoms with van der Waals surface area (Å²) in [5.41, 5.74) is 1.77. The summed E-state index contributed by atoms with van der Waals surface area (Å²) < 4.78 is 44.3. The first kappa shape index (κ1) is 23.9. The van der Waals surface area contributed by atoms with Gasteiger partial charge in [-0.3, -0.25) is 4.57 Å². The normalized spacial score (nSPS) is 12.2. The van der Waals surface area contributed by atoms with E-state index in [0.717, 1.165) is 39.1 Å². The van der Waals surface area contributed by atoms with Crippen molar-refractivity contribution in [2.45, 2.75) is 12.7 Å². The molecule has 4 aromatic carbocycles. The van der Waals surface area contributed by atoms with Crippen molar-refractivity contribution >= 4 is 21.5 Å². The lowest BCUT2D eigenvalue weighted by atomic mass is 10.00. The third-order valence-corrected chi connectivity index (χ3v) is 6.41. The number of hydrogen-bond acceptors (Lipinski definition) is 4. The molecule has 0 saturated heterocycles. The zero-order valence-corrected chi connectivity index (χ0v) is 20.7. The smallest absolute Gasteiger partial charge is 0.303 e. The van der Waals surface area contributed by atoms with Crippen molar-refractivity contribution in [3.8, 4) is 22.8 Å². The Morgan fingerprint density at radius 1 is 0.789 bits per heavy atom. The summed E-state index contributed by atoms with van der Waals surface area (Å²) in [4.78, 5) is 6.01. The highest BCUT2D eigenvalue weighted by atomic mass is 19.4. The molecule has 0 aliphatic heterocycles. The van der Waals surface area contributed by atoms with E-state index < -0.39 is 11.9 Å². The molecule has 0 saturated carbocycles. The number of aromatic nitrogens is 5. The van der Waals surface area contributed by atoms with Gasteiger partial charge in [0.2, 0.25) is 0 Å². The van der Waals surface area contributed by atoms with Gasteiger partial charge < -0.3 is 4.90 Å². The maximum absolute atomic E-state index is 13.7. The fourth-order valence-corrected chi connectivity index (χ4v) is 4.66. The van der Waals surface area contributed by atoms with Crippen LogP contribution in [0.4, 0.5) is 13.2 Å². The molecule has 0 radical (unpaired) electrons. The van der Waals surface area contributed by atoms with E-state index in [0.29, 0.717) is 17.8 Å². The van der Waals surface area contributed by atoms with Gasteiger partial charge in [0.15, 0.2) is 5.69 Å². The van der Waals surface area contributed by atoms with Gasteiger partial charge in [-0.1, -0.05) is 53.7 Å². The van der Waals surface area contributed by atoms with E-state index in [4.69, 9.17) is 0 Å². The lowest BCUT2D eigenvalue weighted by Crippen LogP contribution is -2.10. The van der Waals surface area contributed by atoms with Crippen LogP contribution in [0.2, 0.25) is 0 Å². The highest BCUT2D eigenvalue weighted by Gasteiger charge is 2.35. The molecule has 6 nitrogen and oxygen atoms in total. The Hall–Kier alpha value is -4.50. The minimum absolute atomic E-state index is 0.217. The molecule has 2 heterocycles. The van der Waals surface area contributed by atoms with Crippen molar-refractivity contribution in [1.82, 2.24) is 29.4 Å². The fourth-order valence-electron chi connectivity index (χ4n) is 4.66. The molecule has 0 amide bonds. The quantitative estimate of drug-likeness (QED) is 0.247. The first-order chi connectivity index (χ1) is 18.3. The molecule has 0 atom stereocenters. The predicted molar refractivity (Wildman–Crippen MR) is 141 cm³/mol. The number of fused-ring (bicyclic) bond motifs is 3. The van der Waals surface area contributed by atoms with Crippen LogP contribution in [0.15, 0.2) is 91.3 Å². The zero-order valence-electron chi connectivity index (χ0n) is 20.7. The van der Waals surface area contributed by atoms with E-state index in [2.05, 4.69) is 15.3 Å². The minimum Gasteiger partial charge on any atom is -0.303 e. The number of halogens is 3. The molecule has 0 aliphatic rings. The molecule has 0 spiro atoms. The van der Waals surface area contributed by atoms with E-state index in [1.54, 1.807) is 28.9 Å². The molecule has 9 heteroatoms. The summed E-state index contributed by atoms with van der Waals surface area (Å²) in [5, 5.41) is 12.5. The van der Waals surface area contributed by atoms with Gasteiger partial charge in [0.25, 0.3) is 0 Å². The van der Waals surface area contributed by atoms with E-state index in [1.165, 1.54) is 4.57 Å². The molecule has 190 valence electrons. The van der Waals surface area contributed by atoms with Crippen LogP contribution in [0.1, 0.15) is 11.4 Å². The molecule has 0 fully saturated rings. The van der Waals surface area contributed by atoms with E-state index in [-0.39, 0.29) is 5.82 Å². The topological polar surface area (TPSA) is 51.8 Å². The molecule has 6 aromatic rings. The number of benzene rings is 4. The number of hydrogen-bond donors (Lipinski definition) is 0. The van der Waals surface area contributed by atoms with Gasteiger partial charge in [-0.05, 0) is 66.0 Å². The maximum atomic E-state index is 13.7. The predicted octanol–water partition coefficient (Wildman–Crippen LogP) is 6.51. The minimum atomic E-state index is -4.57. The van der Waals surface area contributed by atoms with E-state index >= 15 is 0 Å². The molecule has 0 aliphatic carbocycles. The second-order valence-electron chi connectivity index (χ2n) is 9.45. The van der Waals surface area contributed by atoms with Crippen LogP contribution in [-0.2, 0) is 12.7 Å². The van der Waals surface area contributed by atoms with Gasteiger partial charge >= 0.3 is 6.18 Å². The molecular formula is C29H23F3N6. The Balaban J connectivity index is 1.42. The van der Waals surface area contributed by atoms with Crippen molar-refractivity contribution < 1.29 is 13.2 Å². The van der Waals surface area contributed by atoms with Crippen LogP contribution < -0.4 is 0 Å². The van der Waals surface area contributed by atoms with Gasteiger partial charge in [-0.2, -0.15) is 13.2 Å². The standard InChI is InChI=1S/C29H23F3N6/c1-36(2)16-22-17-38(35-34-22)24-12-10-23(11-13-24)37-18-27(29(30,31)32)33-28(37)21-9-14-26-20(15-21)8-7-19-5-3-4-6-25(19)26/h3-15,17-18H,16H2,1-2H3. The molecule has 0 N–H and O–H groups in total. The third-order valence-electron chi connectivity index (χ3n) is 6.41. The Kier molecular flexibility index (Phi) is 5.72. The average Bonchev–Trinajstić information content (AvgIpc) is 3.56. The van der Waals surface area contributed by atoms with Gasteiger partial charge in [-0.15, -0.1) is 5.10 Å². The van der Waals surface area contributed by atoms with E-state index in [9.17, 15) is 13.2 Å². The Bertz CT molecular complexity index is 1760. The van der Waals surface area contributed by atoms with Crippen LogP contribution >= 0.6 is 0 Å². The highest BCUT2D eigenvalue weighted by Crippen LogP contribution is 2.35. The van der Waals surface area contributed by atoms with Crippen molar-refractivity contribution in [1.29, 1.82) is 0 Å². The molecule has 38 heavy (non-hydrogen) atoms. The summed E-state index contributed by atoms with van der Waals surface area (Å²) in [5.74, 6) is 0.217. The van der Waals surface area contributed by atoms with Crippen LogP contribution in [0.5, 0.6) is 0 Å². The number of imidazole rings is 1. The maximum Gasteiger partial charge on any atom is 0.434 e. The van der Waals surface area contributed by atoms with Crippen LogP contribution in [0.25, 0.3) is 44.3 Å². The zero-order chi connectivity index (χ0) is 26.4. The summed E-state index contributed by atoms with van der Waals surface area (Å²) >= 11 is 0. The first-order valence-corrected chi connectivity index (χ1v) is 12.0. The monoisotopic (exact) mass is 512 g/mol. The molecule has 2 aromatic heterocycles. The van der Waals surface area contributed by atoms with E-state index in [1.807, 2.05) is 79.8 Å². The summed E-state index contributed by atoms with van der Waals surface area (Å²) in [6, 6.07) is 24.8. The summed E-state index contributed by atoms with van der Waals surface area (Å²) in [7, 11) is 3.90. The van der Waals surface area contributed by atoms with Gasteiger partial charge in [0.05, 0.1) is 17.6 Å². The van der Waals surface area contributed by atoms with Crippen LogP contribution in [0, 0.1) is 0 Å². The average molecular weight is 513 g/mol. The molecule has 0 unspecified atom stereocenters. The Labute approximate surface area is 216 Å². The lowest BCUT2D eigenvalue weighted by molar-refractivity contribution is -0.140. The van der Waals surface area contributed by atoms with Crippen LogP contribution in [-0.4, -0.2) is 43.5 Å². The Morgan fingerprint density at radius 3 is 2.26 bits per heavy atom. The lowest BCUT2D eigenvalue weighted by Gasteiger charge is -2.11. The largest absolute Gasteiger partial charge is 0.434 e.